The lowest BCUT2D eigenvalue weighted by Crippen LogP contribution is -2.34. The summed E-state index contributed by atoms with van der Waals surface area (Å²) < 4.78 is 5.49. The Morgan fingerprint density at radius 1 is 1.35 bits per heavy atom. The van der Waals surface area contributed by atoms with E-state index in [0.29, 0.717) is 24.1 Å². The number of halogens is 1. The van der Waals surface area contributed by atoms with Crippen LogP contribution in [0.3, 0.4) is 0 Å². The van der Waals surface area contributed by atoms with Crippen LogP contribution in [0.1, 0.15) is 30.9 Å². The first-order valence-corrected chi connectivity index (χ1v) is 8.14. The van der Waals surface area contributed by atoms with E-state index in [1.165, 1.54) is 0 Å². The van der Waals surface area contributed by atoms with Crippen molar-refractivity contribution in [1.82, 2.24) is 10.3 Å². The summed E-state index contributed by atoms with van der Waals surface area (Å²) in [5.74, 6) is 0.606. The van der Waals surface area contributed by atoms with Crippen LogP contribution in [0, 0.1) is 0 Å². The molecule has 1 amide bonds. The van der Waals surface area contributed by atoms with Gasteiger partial charge < -0.3 is 10.1 Å². The average Bonchev–Trinajstić information content (AvgIpc) is 3.36. The van der Waals surface area contributed by atoms with Gasteiger partial charge in [-0.15, -0.1) is 0 Å². The fourth-order valence-electron chi connectivity index (χ4n) is 2.73. The molecule has 120 valence electrons. The standard InChI is InChI=1S/C18H19ClN2O2/c1-2-23-16-13(5-4-10-20-16)12-21-17(22)18(8-9-18)14-6-3-7-15(19)11-14/h3-7,10-11H,2,8-9,12H2,1H3,(H,21,22). The lowest BCUT2D eigenvalue weighted by atomic mass is 9.95. The van der Waals surface area contributed by atoms with Gasteiger partial charge in [0.2, 0.25) is 11.8 Å². The topological polar surface area (TPSA) is 51.2 Å². The van der Waals surface area contributed by atoms with Crippen LogP contribution in [0.15, 0.2) is 42.6 Å². The molecule has 3 rings (SSSR count). The van der Waals surface area contributed by atoms with Gasteiger partial charge in [0.15, 0.2) is 0 Å². The summed E-state index contributed by atoms with van der Waals surface area (Å²) in [6.45, 7) is 2.87. The number of hydrogen-bond acceptors (Lipinski definition) is 3. The summed E-state index contributed by atoms with van der Waals surface area (Å²) in [6.07, 6.45) is 3.39. The number of benzene rings is 1. The molecule has 0 unspecified atom stereocenters. The van der Waals surface area contributed by atoms with Gasteiger partial charge in [0.1, 0.15) is 0 Å². The van der Waals surface area contributed by atoms with E-state index in [-0.39, 0.29) is 5.91 Å². The largest absolute Gasteiger partial charge is 0.478 e. The summed E-state index contributed by atoms with van der Waals surface area (Å²) >= 11 is 6.06. The number of hydrogen-bond donors (Lipinski definition) is 1. The Morgan fingerprint density at radius 2 is 2.17 bits per heavy atom. The molecule has 4 nitrogen and oxygen atoms in total. The second kappa shape index (κ2) is 6.59. The molecule has 5 heteroatoms. The van der Waals surface area contributed by atoms with E-state index in [4.69, 9.17) is 16.3 Å². The van der Waals surface area contributed by atoms with E-state index in [9.17, 15) is 4.79 Å². The maximum atomic E-state index is 12.7. The third kappa shape index (κ3) is 3.32. The summed E-state index contributed by atoms with van der Waals surface area (Å²) in [5.41, 5.74) is 1.43. The van der Waals surface area contributed by atoms with Gasteiger partial charge in [0, 0.05) is 23.3 Å². The molecule has 2 aromatic rings. The average molecular weight is 331 g/mol. The molecule has 0 atom stereocenters. The van der Waals surface area contributed by atoms with Crippen molar-refractivity contribution in [2.45, 2.75) is 31.7 Å². The SMILES string of the molecule is CCOc1ncccc1CNC(=O)C1(c2cccc(Cl)c2)CC1. The van der Waals surface area contributed by atoms with Crippen LogP contribution in [-0.2, 0) is 16.8 Å². The molecule has 23 heavy (non-hydrogen) atoms. The van der Waals surface area contributed by atoms with Crippen molar-refractivity contribution in [3.63, 3.8) is 0 Å². The summed E-state index contributed by atoms with van der Waals surface area (Å²) in [7, 11) is 0. The van der Waals surface area contributed by atoms with Gasteiger partial charge in [-0.25, -0.2) is 4.98 Å². The lowest BCUT2D eigenvalue weighted by molar-refractivity contribution is -0.123. The van der Waals surface area contributed by atoms with E-state index in [2.05, 4.69) is 10.3 Å². The molecule has 0 radical (unpaired) electrons. The second-order valence-electron chi connectivity index (χ2n) is 5.68. The van der Waals surface area contributed by atoms with E-state index >= 15 is 0 Å². The first-order chi connectivity index (χ1) is 11.2. The van der Waals surface area contributed by atoms with E-state index in [0.717, 1.165) is 24.0 Å². The highest BCUT2D eigenvalue weighted by molar-refractivity contribution is 6.30. The Labute approximate surface area is 140 Å². The number of nitrogens with one attached hydrogen (secondary N) is 1. The van der Waals surface area contributed by atoms with Gasteiger partial charge in [-0.3, -0.25) is 4.79 Å². The van der Waals surface area contributed by atoms with Crippen LogP contribution in [0.5, 0.6) is 5.88 Å². The lowest BCUT2D eigenvalue weighted by Gasteiger charge is -2.17. The minimum Gasteiger partial charge on any atom is -0.478 e. The van der Waals surface area contributed by atoms with Gasteiger partial charge in [0.05, 0.1) is 12.0 Å². The fourth-order valence-corrected chi connectivity index (χ4v) is 2.92. The summed E-state index contributed by atoms with van der Waals surface area (Å²) in [4.78, 5) is 16.9. The smallest absolute Gasteiger partial charge is 0.230 e. The number of nitrogens with zero attached hydrogens (tertiary/aromatic N) is 1. The normalized spacial score (nSPS) is 15.0. The molecule has 1 heterocycles. The molecule has 1 aromatic heterocycles. The molecule has 0 aliphatic heterocycles. The molecular weight excluding hydrogens is 312 g/mol. The zero-order valence-corrected chi connectivity index (χ0v) is 13.8. The number of carbonyl (C=O) groups excluding carboxylic acids is 1. The van der Waals surface area contributed by atoms with Crippen molar-refractivity contribution in [2.24, 2.45) is 0 Å². The molecule has 1 aromatic carbocycles. The Morgan fingerprint density at radius 3 is 2.87 bits per heavy atom. The summed E-state index contributed by atoms with van der Waals surface area (Å²) in [5, 5.41) is 3.68. The van der Waals surface area contributed by atoms with Crippen LogP contribution in [0.2, 0.25) is 5.02 Å². The highest BCUT2D eigenvalue weighted by Gasteiger charge is 2.51. The minimum absolute atomic E-state index is 0.0334. The highest BCUT2D eigenvalue weighted by atomic mass is 35.5. The maximum Gasteiger partial charge on any atom is 0.230 e. The molecule has 1 saturated carbocycles. The van der Waals surface area contributed by atoms with Crippen LogP contribution in [0.4, 0.5) is 0 Å². The van der Waals surface area contributed by atoms with E-state index in [1.54, 1.807) is 6.20 Å². The first-order valence-electron chi connectivity index (χ1n) is 7.77. The Balaban J connectivity index is 1.71. The van der Waals surface area contributed by atoms with Crippen LogP contribution >= 0.6 is 11.6 Å². The molecule has 1 aliphatic carbocycles. The maximum absolute atomic E-state index is 12.7. The third-order valence-electron chi connectivity index (χ3n) is 4.13. The van der Waals surface area contributed by atoms with Crippen LogP contribution in [-0.4, -0.2) is 17.5 Å². The zero-order chi connectivity index (χ0) is 16.3. The van der Waals surface area contributed by atoms with Crippen molar-refractivity contribution < 1.29 is 9.53 Å². The van der Waals surface area contributed by atoms with Gasteiger partial charge >= 0.3 is 0 Å². The predicted molar refractivity (Wildman–Crippen MR) is 89.6 cm³/mol. The predicted octanol–water partition coefficient (Wildman–Crippen LogP) is 3.48. The molecule has 1 N–H and O–H groups in total. The van der Waals surface area contributed by atoms with Crippen molar-refractivity contribution in [2.75, 3.05) is 6.61 Å². The van der Waals surface area contributed by atoms with Gasteiger partial charge in [-0.2, -0.15) is 0 Å². The number of carbonyl (C=O) groups is 1. The number of pyridine rings is 1. The summed E-state index contributed by atoms with van der Waals surface area (Å²) in [6, 6.07) is 11.3. The third-order valence-corrected chi connectivity index (χ3v) is 4.37. The van der Waals surface area contributed by atoms with Gasteiger partial charge in [-0.05, 0) is 43.5 Å². The number of aromatic nitrogens is 1. The molecule has 0 spiro atoms. The molecule has 0 saturated heterocycles. The van der Waals surface area contributed by atoms with Gasteiger partial charge in [-0.1, -0.05) is 29.8 Å². The zero-order valence-electron chi connectivity index (χ0n) is 13.0. The molecule has 1 fully saturated rings. The Kier molecular flexibility index (Phi) is 4.53. The highest BCUT2D eigenvalue weighted by Crippen LogP contribution is 2.48. The van der Waals surface area contributed by atoms with Gasteiger partial charge in [0.25, 0.3) is 0 Å². The van der Waals surface area contributed by atoms with E-state index < -0.39 is 5.41 Å². The number of rotatable bonds is 6. The fraction of sp³-hybridized carbons (Fsp3) is 0.333. The second-order valence-corrected chi connectivity index (χ2v) is 6.11. The first kappa shape index (κ1) is 15.8. The van der Waals surface area contributed by atoms with Crippen LogP contribution in [0.25, 0.3) is 0 Å². The quantitative estimate of drug-likeness (QED) is 0.882. The molecular formula is C18H19ClN2O2. The van der Waals surface area contributed by atoms with E-state index in [1.807, 2.05) is 43.3 Å². The molecule has 0 bridgehead atoms. The van der Waals surface area contributed by atoms with Crippen molar-refractivity contribution in [1.29, 1.82) is 0 Å². The minimum atomic E-state index is -0.432. The molecule has 1 aliphatic rings. The number of ether oxygens (including phenoxy) is 1. The Hall–Kier alpha value is -2.07. The van der Waals surface area contributed by atoms with Crippen LogP contribution < -0.4 is 10.1 Å². The van der Waals surface area contributed by atoms with Crippen molar-refractivity contribution in [3.8, 4) is 5.88 Å². The van der Waals surface area contributed by atoms with Crippen molar-refractivity contribution >= 4 is 17.5 Å². The Bertz CT molecular complexity index is 714. The monoisotopic (exact) mass is 330 g/mol. The number of amides is 1. The van der Waals surface area contributed by atoms with Crippen molar-refractivity contribution in [3.05, 3.63) is 58.7 Å².